The maximum atomic E-state index is 12.2. The average molecular weight is 382 g/mol. The summed E-state index contributed by atoms with van der Waals surface area (Å²) >= 11 is 6.30. The highest BCUT2D eigenvalue weighted by molar-refractivity contribution is 9.10. The molecule has 0 saturated carbocycles. The van der Waals surface area contributed by atoms with Gasteiger partial charge in [-0.3, -0.25) is 4.79 Å². The normalized spacial score (nSPS) is 10.7. The molecule has 0 atom stereocenters. The molecular formula is C14H8BrNO3S2. The smallest absolute Gasteiger partial charge is 0.335 e. The van der Waals surface area contributed by atoms with Crippen molar-refractivity contribution in [2.24, 2.45) is 0 Å². The molecule has 0 aliphatic heterocycles. The fourth-order valence-corrected chi connectivity index (χ4v) is 4.29. The lowest BCUT2D eigenvalue weighted by atomic mass is 10.2. The van der Waals surface area contributed by atoms with Gasteiger partial charge in [-0.1, -0.05) is 0 Å². The number of benzene rings is 1. The highest BCUT2D eigenvalue weighted by Crippen LogP contribution is 2.31. The number of nitrogens with one attached hydrogen (secondary N) is 1. The quantitative estimate of drug-likeness (QED) is 0.692. The first-order valence-electron chi connectivity index (χ1n) is 5.86. The number of aromatic carboxylic acids is 1. The Morgan fingerprint density at radius 1 is 1.14 bits per heavy atom. The predicted molar refractivity (Wildman–Crippen MR) is 88.8 cm³/mol. The van der Waals surface area contributed by atoms with Gasteiger partial charge in [0.25, 0.3) is 5.91 Å². The molecule has 2 aromatic heterocycles. The van der Waals surface area contributed by atoms with E-state index in [0.717, 1.165) is 9.40 Å². The molecule has 1 amide bonds. The first-order valence-corrected chi connectivity index (χ1v) is 8.35. The fraction of sp³-hybridized carbons (Fsp3) is 0. The number of carboxylic acids is 1. The van der Waals surface area contributed by atoms with Gasteiger partial charge in [0.1, 0.15) is 0 Å². The molecule has 0 aliphatic carbocycles. The average Bonchev–Trinajstić information content (AvgIpc) is 3.01. The summed E-state index contributed by atoms with van der Waals surface area (Å²) in [6.07, 6.45) is 0. The molecule has 1 aromatic carbocycles. The van der Waals surface area contributed by atoms with Gasteiger partial charge in [0.2, 0.25) is 0 Å². The van der Waals surface area contributed by atoms with Crippen LogP contribution in [-0.4, -0.2) is 17.0 Å². The van der Waals surface area contributed by atoms with Crippen LogP contribution in [0, 0.1) is 0 Å². The van der Waals surface area contributed by atoms with E-state index in [1.54, 1.807) is 17.4 Å². The minimum absolute atomic E-state index is 0.163. The summed E-state index contributed by atoms with van der Waals surface area (Å²) in [6.45, 7) is 0. The largest absolute Gasteiger partial charge is 0.478 e. The van der Waals surface area contributed by atoms with E-state index in [2.05, 4.69) is 21.2 Å². The number of halogens is 1. The lowest BCUT2D eigenvalue weighted by Gasteiger charge is -2.07. The number of anilines is 1. The van der Waals surface area contributed by atoms with Crippen LogP contribution in [0.4, 0.5) is 5.69 Å². The molecule has 2 heterocycles. The number of carbonyl (C=O) groups is 2. The Labute approximate surface area is 136 Å². The number of hydrogen-bond donors (Lipinski definition) is 2. The number of carboxylic acid groups (broad SMARTS) is 1. The van der Waals surface area contributed by atoms with E-state index in [-0.39, 0.29) is 11.5 Å². The summed E-state index contributed by atoms with van der Waals surface area (Å²) < 4.78 is 2.71. The lowest BCUT2D eigenvalue weighted by molar-refractivity contribution is 0.0696. The van der Waals surface area contributed by atoms with E-state index in [1.807, 2.05) is 17.5 Å². The van der Waals surface area contributed by atoms with Crippen molar-refractivity contribution in [1.29, 1.82) is 0 Å². The molecule has 4 nitrogen and oxygen atoms in total. The molecule has 0 unspecified atom stereocenters. The molecule has 3 aromatic rings. The fourth-order valence-electron chi connectivity index (χ4n) is 1.81. The summed E-state index contributed by atoms with van der Waals surface area (Å²) in [7, 11) is 0. The lowest BCUT2D eigenvalue weighted by Crippen LogP contribution is -2.11. The van der Waals surface area contributed by atoms with E-state index < -0.39 is 5.97 Å². The van der Waals surface area contributed by atoms with Crippen LogP contribution in [0.25, 0.3) is 9.40 Å². The van der Waals surface area contributed by atoms with Gasteiger partial charge in [-0.2, -0.15) is 0 Å². The van der Waals surface area contributed by atoms with Crippen LogP contribution in [0.3, 0.4) is 0 Å². The number of hydrogen-bond acceptors (Lipinski definition) is 4. The molecule has 0 bridgehead atoms. The summed E-state index contributed by atoms with van der Waals surface area (Å²) in [5.41, 5.74) is 0.707. The van der Waals surface area contributed by atoms with Crippen molar-refractivity contribution in [3.8, 4) is 0 Å². The number of rotatable bonds is 3. The number of thiophene rings is 2. The second-order valence-corrected chi connectivity index (χ2v) is 7.10. The molecule has 3 rings (SSSR count). The minimum Gasteiger partial charge on any atom is -0.478 e. The molecule has 2 N–H and O–H groups in total. The second kappa shape index (κ2) is 5.59. The molecule has 0 spiro atoms. The predicted octanol–water partition coefficient (Wildman–Crippen LogP) is 4.68. The molecule has 0 fully saturated rings. The SMILES string of the molecule is O=C(O)c1ccc(NC(=O)c2cc3sccc3s2)c(Br)c1. The van der Waals surface area contributed by atoms with Crippen LogP contribution in [0.15, 0.2) is 40.2 Å². The Morgan fingerprint density at radius 2 is 1.95 bits per heavy atom. The van der Waals surface area contributed by atoms with Gasteiger partial charge in [-0.25, -0.2) is 4.79 Å². The van der Waals surface area contributed by atoms with Gasteiger partial charge in [0.15, 0.2) is 0 Å². The molecule has 106 valence electrons. The molecule has 21 heavy (non-hydrogen) atoms. The Balaban J connectivity index is 1.84. The number of fused-ring (bicyclic) bond motifs is 1. The van der Waals surface area contributed by atoms with Crippen LogP contribution in [0.2, 0.25) is 0 Å². The van der Waals surface area contributed by atoms with Crippen molar-refractivity contribution in [1.82, 2.24) is 0 Å². The zero-order valence-electron chi connectivity index (χ0n) is 10.4. The van der Waals surface area contributed by atoms with Crippen LogP contribution in [0.5, 0.6) is 0 Å². The first-order chi connectivity index (χ1) is 10.0. The monoisotopic (exact) mass is 381 g/mol. The van der Waals surface area contributed by atoms with E-state index in [9.17, 15) is 9.59 Å². The Kier molecular flexibility index (Phi) is 3.79. The Bertz CT molecular complexity index is 824. The zero-order valence-corrected chi connectivity index (χ0v) is 13.6. The summed E-state index contributed by atoms with van der Waals surface area (Å²) in [5, 5.41) is 13.7. The third-order valence-corrected chi connectivity index (χ3v) is 5.58. The van der Waals surface area contributed by atoms with Gasteiger partial charge in [0.05, 0.1) is 16.1 Å². The van der Waals surface area contributed by atoms with Gasteiger partial charge in [0, 0.05) is 13.9 Å². The van der Waals surface area contributed by atoms with Crippen LogP contribution >= 0.6 is 38.6 Å². The van der Waals surface area contributed by atoms with Crippen molar-refractivity contribution in [2.45, 2.75) is 0 Å². The van der Waals surface area contributed by atoms with E-state index >= 15 is 0 Å². The van der Waals surface area contributed by atoms with Crippen LogP contribution in [-0.2, 0) is 0 Å². The van der Waals surface area contributed by atoms with E-state index in [4.69, 9.17) is 5.11 Å². The maximum Gasteiger partial charge on any atom is 0.335 e. The summed E-state index contributed by atoms with van der Waals surface area (Å²) in [4.78, 5) is 23.7. The minimum atomic E-state index is -1.01. The van der Waals surface area contributed by atoms with Gasteiger partial charge in [-0.05, 0) is 51.6 Å². The molecule has 7 heteroatoms. The van der Waals surface area contributed by atoms with Crippen molar-refractivity contribution >= 4 is 65.6 Å². The first kappa shape index (κ1) is 14.2. The third-order valence-electron chi connectivity index (χ3n) is 2.83. The Morgan fingerprint density at radius 3 is 2.62 bits per heavy atom. The third kappa shape index (κ3) is 2.85. The van der Waals surface area contributed by atoms with Crippen LogP contribution in [0.1, 0.15) is 20.0 Å². The number of carbonyl (C=O) groups excluding carboxylic acids is 1. The van der Waals surface area contributed by atoms with Crippen molar-refractivity contribution in [3.63, 3.8) is 0 Å². The summed E-state index contributed by atoms with van der Waals surface area (Å²) in [6, 6.07) is 8.33. The van der Waals surface area contributed by atoms with Crippen molar-refractivity contribution < 1.29 is 14.7 Å². The van der Waals surface area contributed by atoms with Gasteiger partial charge in [-0.15, -0.1) is 22.7 Å². The van der Waals surface area contributed by atoms with Crippen LogP contribution < -0.4 is 5.32 Å². The van der Waals surface area contributed by atoms with E-state index in [1.165, 1.54) is 23.5 Å². The number of amides is 1. The zero-order chi connectivity index (χ0) is 15.0. The Hall–Kier alpha value is -1.70. The molecule has 0 aliphatic rings. The maximum absolute atomic E-state index is 12.2. The highest BCUT2D eigenvalue weighted by Gasteiger charge is 2.13. The molecular weight excluding hydrogens is 374 g/mol. The van der Waals surface area contributed by atoms with Crippen molar-refractivity contribution in [2.75, 3.05) is 5.32 Å². The van der Waals surface area contributed by atoms with Crippen molar-refractivity contribution in [3.05, 3.63) is 50.6 Å². The standard InChI is InChI=1S/C14H8BrNO3S2/c15-8-5-7(14(18)19)1-2-9(8)16-13(17)12-6-11-10(21-12)3-4-20-11/h1-6H,(H,16,17)(H,18,19). The molecule has 0 radical (unpaired) electrons. The van der Waals surface area contributed by atoms with Gasteiger partial charge >= 0.3 is 5.97 Å². The topological polar surface area (TPSA) is 66.4 Å². The van der Waals surface area contributed by atoms with Gasteiger partial charge < -0.3 is 10.4 Å². The second-order valence-electron chi connectivity index (χ2n) is 4.21. The highest BCUT2D eigenvalue weighted by atomic mass is 79.9. The van der Waals surface area contributed by atoms with E-state index in [0.29, 0.717) is 15.0 Å². The summed E-state index contributed by atoms with van der Waals surface area (Å²) in [5.74, 6) is -1.21. The molecule has 0 saturated heterocycles.